The van der Waals surface area contributed by atoms with Crippen molar-refractivity contribution in [3.8, 4) is 0 Å². The minimum atomic E-state index is 0.560. The van der Waals surface area contributed by atoms with Crippen molar-refractivity contribution in [3.05, 3.63) is 95.6 Å². The van der Waals surface area contributed by atoms with Gasteiger partial charge in [0, 0.05) is 0 Å². The van der Waals surface area contributed by atoms with Crippen molar-refractivity contribution in [3.63, 3.8) is 0 Å². The van der Waals surface area contributed by atoms with Gasteiger partial charge < -0.3 is 0 Å². The van der Waals surface area contributed by atoms with E-state index >= 15 is 0 Å². The van der Waals surface area contributed by atoms with Crippen molar-refractivity contribution in [1.29, 1.82) is 0 Å². The minimum absolute atomic E-state index is 0.560. The summed E-state index contributed by atoms with van der Waals surface area (Å²) >= 11 is 0. The molecule has 1 atom stereocenters. The lowest BCUT2D eigenvalue weighted by molar-refractivity contribution is 0.620. The molecule has 2 aromatic rings. The number of rotatable bonds is 4. The molecule has 0 amide bonds. The lowest BCUT2D eigenvalue weighted by Crippen LogP contribution is -2.00. The fourth-order valence-corrected chi connectivity index (χ4v) is 2.84. The molecule has 0 fully saturated rings. The van der Waals surface area contributed by atoms with Crippen LogP contribution in [-0.4, -0.2) is 0 Å². The lowest BCUT2D eigenvalue weighted by atomic mass is 9.89. The van der Waals surface area contributed by atoms with E-state index in [1.807, 2.05) is 0 Å². The zero-order valence-electron chi connectivity index (χ0n) is 12.9. The van der Waals surface area contributed by atoms with Crippen LogP contribution in [0.3, 0.4) is 0 Å². The predicted molar refractivity (Wildman–Crippen MR) is 96.4 cm³/mol. The van der Waals surface area contributed by atoms with Gasteiger partial charge >= 0.3 is 0 Å². The summed E-state index contributed by atoms with van der Waals surface area (Å²) in [4.78, 5) is 0. The molecule has 22 heavy (non-hydrogen) atoms. The molecule has 110 valence electrons. The van der Waals surface area contributed by atoms with E-state index in [0.717, 1.165) is 0 Å². The average Bonchev–Trinajstić information content (AvgIpc) is 2.60. The Morgan fingerprint density at radius 3 is 2.05 bits per heavy atom. The summed E-state index contributed by atoms with van der Waals surface area (Å²) in [5.74, 6) is 0.560. The summed E-state index contributed by atoms with van der Waals surface area (Å²) in [6, 6.07) is 21.1. The van der Waals surface area contributed by atoms with Gasteiger partial charge in [-0.1, -0.05) is 96.6 Å². The van der Waals surface area contributed by atoms with Crippen molar-refractivity contribution >= 4 is 12.2 Å². The second-order valence-electron chi connectivity index (χ2n) is 5.81. The van der Waals surface area contributed by atoms with Gasteiger partial charge in [0.15, 0.2) is 0 Å². The Hall–Kier alpha value is -2.34. The Morgan fingerprint density at radius 1 is 0.727 bits per heavy atom. The van der Waals surface area contributed by atoms with Crippen LogP contribution >= 0.6 is 0 Å². The summed E-state index contributed by atoms with van der Waals surface area (Å²) < 4.78 is 0. The van der Waals surface area contributed by atoms with Gasteiger partial charge in [-0.25, -0.2) is 0 Å². The molecule has 3 rings (SSSR count). The third-order valence-electron chi connectivity index (χ3n) is 4.06. The molecule has 0 radical (unpaired) electrons. The number of benzene rings is 2. The predicted octanol–water partition coefficient (Wildman–Crippen LogP) is 6.14. The zero-order chi connectivity index (χ0) is 15.0. The average molecular weight is 286 g/mol. The van der Waals surface area contributed by atoms with Crippen LogP contribution in [-0.2, 0) is 0 Å². The number of hydrogen-bond acceptors (Lipinski definition) is 0. The Bertz CT molecular complexity index is 660. The van der Waals surface area contributed by atoms with Crippen LogP contribution in [0.5, 0.6) is 0 Å². The first-order chi connectivity index (χ1) is 10.9. The van der Waals surface area contributed by atoms with Gasteiger partial charge in [0.25, 0.3) is 0 Å². The first-order valence-electron chi connectivity index (χ1n) is 8.07. The van der Waals surface area contributed by atoms with E-state index in [2.05, 4.69) is 91.0 Å². The third-order valence-corrected chi connectivity index (χ3v) is 4.06. The molecular formula is C22H22. The molecule has 2 aromatic carbocycles. The standard InChI is InChI=1S/C22H22/c1-3-8-19(9-4-1)14-16-21-12-7-13-22(18-21)17-15-20-10-5-2-6-11-20/h1-6,8-11,14-18,21H,7,12-13H2/b16-14-,17-15-. The van der Waals surface area contributed by atoms with Crippen LogP contribution in [0, 0.1) is 5.92 Å². The van der Waals surface area contributed by atoms with Crippen LogP contribution in [0.25, 0.3) is 12.2 Å². The minimum Gasteiger partial charge on any atom is -0.0770 e. The lowest BCUT2D eigenvalue weighted by Gasteiger charge is -2.16. The molecule has 0 heteroatoms. The van der Waals surface area contributed by atoms with Gasteiger partial charge in [-0.05, 0) is 36.3 Å². The van der Waals surface area contributed by atoms with E-state index in [4.69, 9.17) is 0 Å². The highest BCUT2D eigenvalue weighted by molar-refractivity contribution is 5.53. The van der Waals surface area contributed by atoms with Gasteiger partial charge in [0.05, 0.1) is 0 Å². The van der Waals surface area contributed by atoms with E-state index in [0.29, 0.717) is 5.92 Å². The molecule has 0 aromatic heterocycles. The molecule has 1 unspecified atom stereocenters. The molecule has 1 aliphatic rings. The van der Waals surface area contributed by atoms with Crippen molar-refractivity contribution in [2.45, 2.75) is 19.3 Å². The van der Waals surface area contributed by atoms with E-state index in [9.17, 15) is 0 Å². The smallest absolute Gasteiger partial charge is 0.00442 e. The normalized spacial score (nSPS) is 18.7. The maximum absolute atomic E-state index is 2.42. The molecule has 1 aliphatic carbocycles. The monoisotopic (exact) mass is 286 g/mol. The van der Waals surface area contributed by atoms with Gasteiger partial charge in [-0.15, -0.1) is 0 Å². The van der Waals surface area contributed by atoms with Crippen LogP contribution in [0.2, 0.25) is 0 Å². The highest BCUT2D eigenvalue weighted by Gasteiger charge is 2.09. The largest absolute Gasteiger partial charge is 0.0770 e. The van der Waals surface area contributed by atoms with Gasteiger partial charge in [-0.2, -0.15) is 0 Å². The fraction of sp³-hybridized carbons (Fsp3) is 0.182. The second-order valence-corrected chi connectivity index (χ2v) is 5.81. The summed E-state index contributed by atoms with van der Waals surface area (Å²) in [6.45, 7) is 0. The van der Waals surface area contributed by atoms with E-state index in [1.165, 1.54) is 36.0 Å². The molecular weight excluding hydrogens is 264 g/mol. The summed E-state index contributed by atoms with van der Waals surface area (Å²) in [7, 11) is 0. The SMILES string of the molecule is C1=C(/C=C\c2ccccc2)CCCC1/C=C\c1ccccc1. The molecule has 0 bridgehead atoms. The Labute approximate surface area is 133 Å². The second kappa shape index (κ2) is 7.61. The highest BCUT2D eigenvalue weighted by atomic mass is 14.1. The Kier molecular flexibility index (Phi) is 5.04. The van der Waals surface area contributed by atoms with Crippen molar-refractivity contribution in [2.24, 2.45) is 5.92 Å². The fourth-order valence-electron chi connectivity index (χ4n) is 2.84. The third kappa shape index (κ3) is 4.33. The number of allylic oxidation sites excluding steroid dienone is 4. The van der Waals surface area contributed by atoms with E-state index < -0.39 is 0 Å². The number of hydrogen-bond donors (Lipinski definition) is 0. The van der Waals surface area contributed by atoms with Crippen LogP contribution in [0.1, 0.15) is 30.4 Å². The maximum Gasteiger partial charge on any atom is -0.00442 e. The van der Waals surface area contributed by atoms with Crippen LogP contribution in [0.4, 0.5) is 0 Å². The Morgan fingerprint density at radius 2 is 1.36 bits per heavy atom. The van der Waals surface area contributed by atoms with Crippen LogP contribution in [0.15, 0.2) is 84.5 Å². The summed E-state index contributed by atoms with van der Waals surface area (Å²) in [6.07, 6.45) is 15.2. The highest BCUT2D eigenvalue weighted by Crippen LogP contribution is 2.25. The van der Waals surface area contributed by atoms with Crippen molar-refractivity contribution in [2.75, 3.05) is 0 Å². The topological polar surface area (TPSA) is 0 Å². The maximum atomic E-state index is 2.42. The molecule has 0 saturated carbocycles. The molecule has 0 N–H and O–H groups in total. The van der Waals surface area contributed by atoms with Crippen LogP contribution < -0.4 is 0 Å². The summed E-state index contributed by atoms with van der Waals surface area (Å²) in [5.41, 5.74) is 4.01. The van der Waals surface area contributed by atoms with Gasteiger partial charge in [0.1, 0.15) is 0 Å². The summed E-state index contributed by atoms with van der Waals surface area (Å²) in [5, 5.41) is 0. The first kappa shape index (κ1) is 14.6. The van der Waals surface area contributed by atoms with Crippen molar-refractivity contribution in [1.82, 2.24) is 0 Å². The zero-order valence-corrected chi connectivity index (χ0v) is 12.9. The molecule has 0 heterocycles. The quantitative estimate of drug-likeness (QED) is 0.633. The van der Waals surface area contributed by atoms with E-state index in [-0.39, 0.29) is 0 Å². The van der Waals surface area contributed by atoms with Gasteiger partial charge in [0.2, 0.25) is 0 Å². The Balaban J connectivity index is 1.67. The molecule has 0 aliphatic heterocycles. The molecule has 0 saturated heterocycles. The van der Waals surface area contributed by atoms with Gasteiger partial charge in [-0.3, -0.25) is 0 Å². The van der Waals surface area contributed by atoms with Crippen molar-refractivity contribution < 1.29 is 0 Å². The first-order valence-corrected chi connectivity index (χ1v) is 8.07. The van der Waals surface area contributed by atoms with E-state index in [1.54, 1.807) is 0 Å². The molecule has 0 spiro atoms. The molecule has 0 nitrogen and oxygen atoms in total.